The van der Waals surface area contributed by atoms with Crippen molar-refractivity contribution in [2.45, 2.75) is 63.8 Å². The minimum atomic E-state index is -0.761. The summed E-state index contributed by atoms with van der Waals surface area (Å²) in [4.78, 5) is 24.2. The predicted molar refractivity (Wildman–Crippen MR) is 75.1 cm³/mol. The van der Waals surface area contributed by atoms with E-state index < -0.39 is 11.9 Å². The van der Waals surface area contributed by atoms with Crippen molar-refractivity contribution in [1.29, 1.82) is 0 Å². The fourth-order valence-corrected chi connectivity index (χ4v) is 4.73. The van der Waals surface area contributed by atoms with E-state index in [1.165, 1.54) is 19.3 Å². The van der Waals surface area contributed by atoms with E-state index in [0.29, 0.717) is 5.92 Å². The van der Waals surface area contributed by atoms with Crippen molar-refractivity contribution in [2.75, 3.05) is 0 Å². The van der Waals surface area contributed by atoms with E-state index in [-0.39, 0.29) is 23.8 Å². The quantitative estimate of drug-likeness (QED) is 0.834. The molecule has 0 aromatic carbocycles. The van der Waals surface area contributed by atoms with Crippen molar-refractivity contribution < 1.29 is 14.7 Å². The SMILES string of the molecule is O=C(O)[C@H]1C2CCC(CC2)[C@@H]1C(=O)NC1CCCCC1. The van der Waals surface area contributed by atoms with E-state index in [9.17, 15) is 14.7 Å². The summed E-state index contributed by atoms with van der Waals surface area (Å²) in [5, 5.41) is 12.7. The topological polar surface area (TPSA) is 66.4 Å². The number of carbonyl (C=O) groups excluding carboxylic acids is 1. The summed E-state index contributed by atoms with van der Waals surface area (Å²) in [6, 6.07) is 0.283. The summed E-state index contributed by atoms with van der Waals surface area (Å²) in [5.41, 5.74) is 0. The molecule has 0 aromatic rings. The van der Waals surface area contributed by atoms with Gasteiger partial charge in [0.15, 0.2) is 0 Å². The monoisotopic (exact) mass is 279 g/mol. The molecule has 112 valence electrons. The molecule has 4 fully saturated rings. The molecule has 2 bridgehead atoms. The van der Waals surface area contributed by atoms with Gasteiger partial charge >= 0.3 is 5.97 Å². The van der Waals surface area contributed by atoms with E-state index in [1.54, 1.807) is 0 Å². The lowest BCUT2D eigenvalue weighted by molar-refractivity contribution is -0.158. The molecule has 0 spiro atoms. The van der Waals surface area contributed by atoms with Crippen molar-refractivity contribution in [3.8, 4) is 0 Å². The van der Waals surface area contributed by atoms with Crippen LogP contribution in [0.4, 0.5) is 0 Å². The number of amides is 1. The number of carboxylic acids is 1. The summed E-state index contributed by atoms with van der Waals surface area (Å²) in [5.74, 6) is -0.931. The molecule has 20 heavy (non-hydrogen) atoms. The molecule has 4 aliphatic rings. The van der Waals surface area contributed by atoms with Gasteiger partial charge in [0, 0.05) is 6.04 Å². The van der Waals surface area contributed by atoms with Gasteiger partial charge in [-0.3, -0.25) is 9.59 Å². The van der Waals surface area contributed by atoms with Crippen molar-refractivity contribution >= 4 is 11.9 Å². The fourth-order valence-electron chi connectivity index (χ4n) is 4.73. The number of fused-ring (bicyclic) bond motifs is 3. The van der Waals surface area contributed by atoms with E-state index in [0.717, 1.165) is 38.5 Å². The summed E-state index contributed by atoms with van der Waals surface area (Å²) in [6.07, 6.45) is 9.82. The van der Waals surface area contributed by atoms with Gasteiger partial charge in [-0.1, -0.05) is 19.3 Å². The number of hydrogen-bond acceptors (Lipinski definition) is 2. The van der Waals surface area contributed by atoms with Gasteiger partial charge in [0.1, 0.15) is 0 Å². The highest BCUT2D eigenvalue weighted by Gasteiger charge is 2.50. The maximum Gasteiger partial charge on any atom is 0.307 e. The smallest absolute Gasteiger partial charge is 0.307 e. The zero-order valence-corrected chi connectivity index (χ0v) is 12.0. The van der Waals surface area contributed by atoms with Crippen LogP contribution in [0.2, 0.25) is 0 Å². The highest BCUT2D eigenvalue weighted by Crippen LogP contribution is 2.49. The molecule has 0 aromatic heterocycles. The first-order valence-electron chi connectivity index (χ1n) is 8.20. The molecule has 4 saturated carbocycles. The Labute approximate surface area is 120 Å². The second-order valence-electron chi connectivity index (χ2n) is 6.91. The van der Waals surface area contributed by atoms with Crippen molar-refractivity contribution in [2.24, 2.45) is 23.7 Å². The van der Waals surface area contributed by atoms with Crippen molar-refractivity contribution in [1.82, 2.24) is 5.32 Å². The van der Waals surface area contributed by atoms with E-state index in [1.807, 2.05) is 0 Å². The lowest BCUT2D eigenvalue weighted by Crippen LogP contribution is -2.52. The van der Waals surface area contributed by atoms with Gasteiger partial charge in [0.2, 0.25) is 5.91 Å². The van der Waals surface area contributed by atoms with Crippen LogP contribution in [0, 0.1) is 23.7 Å². The van der Waals surface area contributed by atoms with E-state index >= 15 is 0 Å². The zero-order valence-electron chi connectivity index (χ0n) is 12.0. The average Bonchev–Trinajstić information content (AvgIpc) is 2.48. The molecule has 2 atom stereocenters. The standard InChI is InChI=1S/C16H25NO3/c18-15(17-12-4-2-1-3-5-12)13-10-6-8-11(9-7-10)14(13)16(19)20/h10-14H,1-9H2,(H,17,18)(H,19,20)/t10?,11?,13-,14-/m0/s1. The third-order valence-corrected chi connectivity index (χ3v) is 5.76. The number of nitrogens with one attached hydrogen (secondary N) is 1. The fraction of sp³-hybridized carbons (Fsp3) is 0.875. The van der Waals surface area contributed by atoms with Gasteiger partial charge in [-0.05, 0) is 50.4 Å². The van der Waals surface area contributed by atoms with Crippen LogP contribution in [0.5, 0.6) is 0 Å². The molecule has 4 rings (SSSR count). The average molecular weight is 279 g/mol. The Hall–Kier alpha value is -1.06. The minimum Gasteiger partial charge on any atom is -0.481 e. The molecule has 0 aliphatic heterocycles. The van der Waals surface area contributed by atoms with Gasteiger partial charge in [-0.15, -0.1) is 0 Å². The first-order chi connectivity index (χ1) is 9.66. The molecule has 4 aliphatic carbocycles. The maximum absolute atomic E-state index is 12.6. The van der Waals surface area contributed by atoms with Crippen LogP contribution >= 0.6 is 0 Å². The molecule has 0 radical (unpaired) electrons. The van der Waals surface area contributed by atoms with Crippen LogP contribution in [0.15, 0.2) is 0 Å². The summed E-state index contributed by atoms with van der Waals surface area (Å²) >= 11 is 0. The predicted octanol–water partition coefficient (Wildman–Crippen LogP) is 2.57. The van der Waals surface area contributed by atoms with E-state index in [4.69, 9.17) is 0 Å². The number of carboxylic acid groups (broad SMARTS) is 1. The van der Waals surface area contributed by atoms with E-state index in [2.05, 4.69) is 5.32 Å². The molecule has 1 amide bonds. The van der Waals surface area contributed by atoms with Gasteiger partial charge in [-0.25, -0.2) is 0 Å². The van der Waals surface area contributed by atoms with Crippen molar-refractivity contribution in [3.05, 3.63) is 0 Å². The summed E-state index contributed by atoms with van der Waals surface area (Å²) in [7, 11) is 0. The van der Waals surface area contributed by atoms with Crippen LogP contribution in [-0.2, 0) is 9.59 Å². The molecular weight excluding hydrogens is 254 g/mol. The first-order valence-corrected chi connectivity index (χ1v) is 8.20. The molecule has 0 unspecified atom stereocenters. The van der Waals surface area contributed by atoms with Crippen LogP contribution < -0.4 is 5.32 Å². The molecule has 4 nitrogen and oxygen atoms in total. The van der Waals surface area contributed by atoms with Gasteiger partial charge in [0.25, 0.3) is 0 Å². The Balaban J connectivity index is 1.69. The lowest BCUT2D eigenvalue weighted by Gasteiger charge is -2.46. The van der Waals surface area contributed by atoms with Gasteiger partial charge < -0.3 is 10.4 Å². The Kier molecular flexibility index (Phi) is 3.99. The second kappa shape index (κ2) is 5.74. The van der Waals surface area contributed by atoms with Gasteiger partial charge in [0.05, 0.1) is 11.8 Å². The van der Waals surface area contributed by atoms with Crippen LogP contribution in [0.25, 0.3) is 0 Å². The molecule has 2 N–H and O–H groups in total. The molecule has 0 saturated heterocycles. The van der Waals surface area contributed by atoms with Gasteiger partial charge in [-0.2, -0.15) is 0 Å². The Morgan fingerprint density at radius 1 is 0.800 bits per heavy atom. The first kappa shape index (κ1) is 13.9. The minimum absolute atomic E-state index is 0.0266. The zero-order chi connectivity index (χ0) is 14.1. The third-order valence-electron chi connectivity index (χ3n) is 5.76. The summed E-state index contributed by atoms with van der Waals surface area (Å²) in [6.45, 7) is 0. The second-order valence-corrected chi connectivity index (χ2v) is 6.91. The maximum atomic E-state index is 12.6. The Morgan fingerprint density at radius 3 is 1.90 bits per heavy atom. The molecule has 0 heterocycles. The third kappa shape index (κ3) is 2.57. The molecule has 4 heteroatoms. The van der Waals surface area contributed by atoms with Crippen LogP contribution in [-0.4, -0.2) is 23.0 Å². The Bertz CT molecular complexity index is 381. The summed E-state index contributed by atoms with van der Waals surface area (Å²) < 4.78 is 0. The number of aliphatic carboxylic acids is 1. The van der Waals surface area contributed by atoms with Crippen molar-refractivity contribution in [3.63, 3.8) is 0 Å². The largest absolute Gasteiger partial charge is 0.481 e. The number of rotatable bonds is 3. The normalized spacial score (nSPS) is 37.6. The van der Waals surface area contributed by atoms with Crippen LogP contribution in [0.3, 0.4) is 0 Å². The highest BCUT2D eigenvalue weighted by atomic mass is 16.4. The highest BCUT2D eigenvalue weighted by molar-refractivity contribution is 5.85. The Morgan fingerprint density at radius 2 is 1.35 bits per heavy atom. The van der Waals surface area contributed by atoms with Crippen LogP contribution in [0.1, 0.15) is 57.8 Å². The number of carbonyl (C=O) groups is 2. The molecular formula is C16H25NO3. The number of hydrogen-bond donors (Lipinski definition) is 2. The lowest BCUT2D eigenvalue weighted by atomic mass is 9.58.